The molecule has 1 rings (SSSR count). The summed E-state index contributed by atoms with van der Waals surface area (Å²) in [6, 6.07) is 3.86. The molecule has 76 valence electrons. The molecular weight excluding hydrogens is 178 g/mol. The Morgan fingerprint density at radius 1 is 1.43 bits per heavy atom. The van der Waals surface area contributed by atoms with Crippen LogP contribution in [0.4, 0.5) is 5.69 Å². The first-order valence-corrected chi connectivity index (χ1v) is 4.46. The average Bonchev–Trinajstić information content (AvgIpc) is 2.18. The molecular formula is C11H15NO2. The van der Waals surface area contributed by atoms with E-state index < -0.39 is 0 Å². The summed E-state index contributed by atoms with van der Waals surface area (Å²) in [5.74, 6) is 0. The van der Waals surface area contributed by atoms with Crippen LogP contribution in [-0.2, 0) is 11.3 Å². The third kappa shape index (κ3) is 2.12. The second-order valence-electron chi connectivity index (χ2n) is 3.13. The summed E-state index contributed by atoms with van der Waals surface area (Å²) in [5, 5.41) is 9.17. The second-order valence-corrected chi connectivity index (χ2v) is 3.13. The summed E-state index contributed by atoms with van der Waals surface area (Å²) in [4.78, 5) is 4.12. The molecule has 3 nitrogen and oxygen atoms in total. The van der Waals surface area contributed by atoms with Crippen molar-refractivity contribution in [2.45, 2.75) is 20.5 Å². The minimum atomic E-state index is 0.0496. The highest BCUT2D eigenvalue weighted by molar-refractivity contribution is 5.60. The van der Waals surface area contributed by atoms with Crippen LogP contribution in [0.3, 0.4) is 0 Å². The zero-order valence-electron chi connectivity index (χ0n) is 8.74. The van der Waals surface area contributed by atoms with Crippen molar-refractivity contribution in [1.82, 2.24) is 0 Å². The predicted octanol–water partition coefficient (Wildman–Crippen LogP) is 2.10. The van der Waals surface area contributed by atoms with Crippen LogP contribution in [0.2, 0.25) is 0 Å². The number of methoxy groups -OCH3 is 1. The number of aliphatic imine (C=N–C) groups is 1. The first kappa shape index (κ1) is 10.7. The third-order valence-corrected chi connectivity index (χ3v) is 2.26. The average molecular weight is 193 g/mol. The van der Waals surface area contributed by atoms with E-state index in [4.69, 9.17) is 9.84 Å². The quantitative estimate of drug-likeness (QED) is 0.590. The number of ether oxygens (including phenoxy) is 1. The van der Waals surface area contributed by atoms with E-state index in [0.717, 1.165) is 22.4 Å². The topological polar surface area (TPSA) is 41.8 Å². The van der Waals surface area contributed by atoms with Gasteiger partial charge >= 0.3 is 0 Å². The van der Waals surface area contributed by atoms with Crippen molar-refractivity contribution in [3.63, 3.8) is 0 Å². The number of hydrogen-bond acceptors (Lipinski definition) is 3. The molecule has 0 aliphatic heterocycles. The van der Waals surface area contributed by atoms with Crippen LogP contribution < -0.4 is 0 Å². The van der Waals surface area contributed by atoms with Crippen molar-refractivity contribution >= 4 is 12.1 Å². The lowest BCUT2D eigenvalue weighted by atomic mass is 10.0. The Morgan fingerprint density at radius 3 is 2.71 bits per heavy atom. The van der Waals surface area contributed by atoms with Crippen LogP contribution >= 0.6 is 0 Å². The number of benzene rings is 1. The van der Waals surface area contributed by atoms with E-state index in [9.17, 15) is 0 Å². The van der Waals surface area contributed by atoms with Crippen LogP contribution in [-0.4, -0.2) is 18.6 Å². The Hall–Kier alpha value is -1.35. The molecule has 0 aliphatic rings. The molecule has 0 fully saturated rings. The van der Waals surface area contributed by atoms with Crippen molar-refractivity contribution in [2.24, 2.45) is 4.99 Å². The van der Waals surface area contributed by atoms with Crippen molar-refractivity contribution in [2.75, 3.05) is 7.11 Å². The highest BCUT2D eigenvalue weighted by Gasteiger charge is 2.04. The zero-order chi connectivity index (χ0) is 10.6. The summed E-state index contributed by atoms with van der Waals surface area (Å²) in [6.07, 6.45) is 1.39. The van der Waals surface area contributed by atoms with Gasteiger partial charge in [-0.1, -0.05) is 6.07 Å². The lowest BCUT2D eigenvalue weighted by Crippen LogP contribution is -1.93. The van der Waals surface area contributed by atoms with Crippen molar-refractivity contribution in [1.29, 1.82) is 0 Å². The Balaban J connectivity index is 3.14. The van der Waals surface area contributed by atoms with E-state index in [1.165, 1.54) is 6.40 Å². The Kier molecular flexibility index (Phi) is 3.65. The van der Waals surface area contributed by atoms with Gasteiger partial charge in [-0.2, -0.15) is 0 Å². The summed E-state index contributed by atoms with van der Waals surface area (Å²) in [7, 11) is 1.56. The van der Waals surface area contributed by atoms with Gasteiger partial charge in [-0.05, 0) is 36.6 Å². The van der Waals surface area contributed by atoms with E-state index in [0.29, 0.717) is 0 Å². The molecule has 1 aromatic carbocycles. The predicted molar refractivity (Wildman–Crippen MR) is 57.0 cm³/mol. The third-order valence-electron chi connectivity index (χ3n) is 2.26. The minimum absolute atomic E-state index is 0.0496. The van der Waals surface area contributed by atoms with Gasteiger partial charge in [0.2, 0.25) is 0 Å². The van der Waals surface area contributed by atoms with Gasteiger partial charge in [0.1, 0.15) is 0 Å². The van der Waals surface area contributed by atoms with Gasteiger partial charge in [0.15, 0.2) is 6.40 Å². The van der Waals surface area contributed by atoms with Gasteiger partial charge in [0.05, 0.1) is 19.4 Å². The Bertz CT molecular complexity index is 345. The minimum Gasteiger partial charge on any atom is -0.486 e. The van der Waals surface area contributed by atoms with Crippen molar-refractivity contribution < 1.29 is 9.84 Å². The lowest BCUT2D eigenvalue weighted by Gasteiger charge is -2.08. The standard InChI is InChI=1S/C11H15NO2/c1-8-4-5-11(12-7-14-3)9(2)10(8)6-13/h4-5,7,13H,6H2,1-3H3. The largest absolute Gasteiger partial charge is 0.486 e. The molecule has 0 saturated carbocycles. The smallest absolute Gasteiger partial charge is 0.174 e. The Morgan fingerprint density at radius 2 is 2.14 bits per heavy atom. The van der Waals surface area contributed by atoms with Gasteiger partial charge < -0.3 is 9.84 Å². The molecule has 0 radical (unpaired) electrons. The number of aliphatic hydroxyl groups is 1. The maximum atomic E-state index is 9.17. The van der Waals surface area contributed by atoms with Gasteiger partial charge in [-0.25, -0.2) is 4.99 Å². The van der Waals surface area contributed by atoms with E-state index in [1.807, 2.05) is 26.0 Å². The molecule has 0 atom stereocenters. The SMILES string of the molecule is COC=Nc1ccc(C)c(CO)c1C. The number of rotatable bonds is 3. The summed E-state index contributed by atoms with van der Waals surface area (Å²) < 4.78 is 4.75. The molecule has 0 aliphatic carbocycles. The Labute approximate surface area is 84.1 Å². The fourth-order valence-electron chi connectivity index (χ4n) is 1.37. The molecule has 0 spiro atoms. The molecule has 0 aromatic heterocycles. The van der Waals surface area contributed by atoms with E-state index in [2.05, 4.69) is 4.99 Å². The zero-order valence-corrected chi connectivity index (χ0v) is 8.74. The summed E-state index contributed by atoms with van der Waals surface area (Å²) in [5.41, 5.74) is 3.86. The number of aliphatic hydroxyl groups excluding tert-OH is 1. The van der Waals surface area contributed by atoms with Crippen LogP contribution in [0.25, 0.3) is 0 Å². The van der Waals surface area contributed by atoms with Gasteiger partial charge in [-0.15, -0.1) is 0 Å². The first-order valence-electron chi connectivity index (χ1n) is 4.46. The van der Waals surface area contributed by atoms with Gasteiger partial charge in [-0.3, -0.25) is 0 Å². The fraction of sp³-hybridized carbons (Fsp3) is 0.364. The fourth-order valence-corrected chi connectivity index (χ4v) is 1.37. The monoisotopic (exact) mass is 193 g/mol. The molecule has 0 heterocycles. The molecule has 0 amide bonds. The molecule has 1 N–H and O–H groups in total. The van der Waals surface area contributed by atoms with Crippen LogP contribution in [0.5, 0.6) is 0 Å². The van der Waals surface area contributed by atoms with E-state index in [1.54, 1.807) is 7.11 Å². The summed E-state index contributed by atoms with van der Waals surface area (Å²) in [6.45, 7) is 3.97. The van der Waals surface area contributed by atoms with Crippen molar-refractivity contribution in [3.05, 3.63) is 28.8 Å². The maximum Gasteiger partial charge on any atom is 0.174 e. The molecule has 1 aromatic rings. The van der Waals surface area contributed by atoms with Crippen molar-refractivity contribution in [3.8, 4) is 0 Å². The molecule has 3 heteroatoms. The highest BCUT2D eigenvalue weighted by atomic mass is 16.5. The lowest BCUT2D eigenvalue weighted by molar-refractivity contribution is 0.280. The number of hydrogen-bond donors (Lipinski definition) is 1. The van der Waals surface area contributed by atoms with Gasteiger partial charge in [0.25, 0.3) is 0 Å². The summed E-state index contributed by atoms with van der Waals surface area (Å²) >= 11 is 0. The molecule has 0 bridgehead atoms. The van der Waals surface area contributed by atoms with Crippen LogP contribution in [0.1, 0.15) is 16.7 Å². The first-order chi connectivity index (χ1) is 6.70. The molecule has 14 heavy (non-hydrogen) atoms. The van der Waals surface area contributed by atoms with Crippen LogP contribution in [0, 0.1) is 13.8 Å². The highest BCUT2D eigenvalue weighted by Crippen LogP contribution is 2.24. The molecule has 0 unspecified atom stereocenters. The number of nitrogens with zero attached hydrogens (tertiary/aromatic N) is 1. The van der Waals surface area contributed by atoms with E-state index in [-0.39, 0.29) is 6.61 Å². The maximum absolute atomic E-state index is 9.17. The van der Waals surface area contributed by atoms with E-state index >= 15 is 0 Å². The van der Waals surface area contributed by atoms with Gasteiger partial charge in [0, 0.05) is 0 Å². The van der Waals surface area contributed by atoms with Crippen LogP contribution in [0.15, 0.2) is 17.1 Å². The molecule has 0 saturated heterocycles. The number of aryl methyl sites for hydroxylation is 1. The second kappa shape index (κ2) is 4.77. The normalized spacial score (nSPS) is 10.9.